The first-order valence-electron chi connectivity index (χ1n) is 7.84. The Morgan fingerprint density at radius 3 is 2.26 bits per heavy atom. The van der Waals surface area contributed by atoms with Gasteiger partial charge in [0.2, 0.25) is 10.0 Å². The fourth-order valence-corrected chi connectivity index (χ4v) is 3.37. The smallest absolute Gasteiger partial charge is 0.416 e. The second-order valence-corrected chi connectivity index (χ2v) is 7.78. The van der Waals surface area contributed by atoms with E-state index in [2.05, 4.69) is 0 Å². The summed E-state index contributed by atoms with van der Waals surface area (Å²) in [7, 11) is -3.80. The quantitative estimate of drug-likeness (QED) is 0.695. The molecule has 0 N–H and O–H groups in total. The van der Waals surface area contributed by atoms with Gasteiger partial charge in [-0.2, -0.15) is 13.2 Å². The number of aryl methyl sites for hydroxylation is 1. The number of carbonyl (C=O) groups excluding carboxylic acids is 1. The number of sulfonamides is 1. The molecule has 0 bridgehead atoms. The molecule has 2 rings (SSSR count). The highest BCUT2D eigenvalue weighted by Crippen LogP contribution is 2.32. The number of alkyl halides is 3. The van der Waals surface area contributed by atoms with Crippen LogP contribution in [0.4, 0.5) is 18.9 Å². The zero-order chi connectivity index (χ0) is 20.2. The van der Waals surface area contributed by atoms with E-state index in [1.807, 2.05) is 0 Å². The number of carbonyl (C=O) groups is 1. The third kappa shape index (κ3) is 5.46. The summed E-state index contributed by atoms with van der Waals surface area (Å²) in [5.74, 6) is -0.958. The Morgan fingerprint density at radius 2 is 1.67 bits per heavy atom. The van der Waals surface area contributed by atoms with E-state index in [0.29, 0.717) is 11.3 Å². The summed E-state index contributed by atoms with van der Waals surface area (Å²) < 4.78 is 68.8. The topological polar surface area (TPSA) is 63.7 Å². The lowest BCUT2D eigenvalue weighted by Crippen LogP contribution is -2.36. The highest BCUT2D eigenvalue weighted by atomic mass is 32.2. The maximum absolute atomic E-state index is 13.0. The van der Waals surface area contributed by atoms with Crippen molar-refractivity contribution >= 4 is 21.7 Å². The number of ether oxygens (including phenoxy) is 1. The Balaban J connectivity index is 2.16. The summed E-state index contributed by atoms with van der Waals surface area (Å²) in [6.45, 7) is 0.427. The van der Waals surface area contributed by atoms with Crippen molar-refractivity contribution in [2.75, 3.05) is 17.1 Å². The van der Waals surface area contributed by atoms with Crippen LogP contribution in [0.5, 0.6) is 0 Å². The minimum Gasteiger partial charge on any atom is -0.459 e. The first-order valence-corrected chi connectivity index (χ1v) is 9.69. The molecule has 0 saturated heterocycles. The largest absolute Gasteiger partial charge is 0.459 e. The Labute approximate surface area is 155 Å². The van der Waals surface area contributed by atoms with Crippen molar-refractivity contribution in [1.82, 2.24) is 0 Å². The van der Waals surface area contributed by atoms with E-state index in [1.54, 1.807) is 25.1 Å². The van der Waals surface area contributed by atoms with Crippen molar-refractivity contribution in [3.63, 3.8) is 0 Å². The number of rotatable bonds is 6. The zero-order valence-corrected chi connectivity index (χ0v) is 15.5. The molecule has 0 fully saturated rings. The molecule has 5 nitrogen and oxygen atoms in total. The molecule has 2 aromatic rings. The minimum absolute atomic E-state index is 0.208. The van der Waals surface area contributed by atoms with Crippen molar-refractivity contribution in [2.45, 2.75) is 19.7 Å². The van der Waals surface area contributed by atoms with Crippen molar-refractivity contribution in [1.29, 1.82) is 0 Å². The summed E-state index contributed by atoms with van der Waals surface area (Å²) in [4.78, 5) is 12.1. The normalized spacial score (nSPS) is 11.9. The number of para-hydroxylation sites is 1. The number of anilines is 1. The SMILES string of the molecule is Cc1ccccc1N(CC(=O)OCc1ccccc1C(F)(F)F)S(C)(=O)=O. The Hall–Kier alpha value is -2.55. The molecule has 0 spiro atoms. The molecule has 27 heavy (non-hydrogen) atoms. The van der Waals surface area contributed by atoms with Gasteiger partial charge in [0, 0.05) is 5.56 Å². The number of esters is 1. The van der Waals surface area contributed by atoms with Crippen LogP contribution in [0.3, 0.4) is 0 Å². The van der Waals surface area contributed by atoms with Gasteiger partial charge in [-0.25, -0.2) is 8.42 Å². The van der Waals surface area contributed by atoms with Crippen LogP contribution >= 0.6 is 0 Å². The highest BCUT2D eigenvalue weighted by molar-refractivity contribution is 7.92. The molecule has 0 atom stereocenters. The standard InChI is InChI=1S/C18H18F3NO4S/c1-13-7-3-6-10-16(13)22(27(2,24)25)11-17(23)26-12-14-8-4-5-9-15(14)18(19,20)21/h3-10H,11-12H2,1-2H3. The molecular formula is C18H18F3NO4S. The molecule has 0 unspecified atom stereocenters. The monoisotopic (exact) mass is 401 g/mol. The number of hydrogen-bond donors (Lipinski definition) is 0. The van der Waals surface area contributed by atoms with Crippen LogP contribution in [0, 0.1) is 6.92 Å². The molecule has 2 aromatic carbocycles. The summed E-state index contributed by atoms with van der Waals surface area (Å²) in [5.41, 5.74) is -0.192. The van der Waals surface area contributed by atoms with E-state index < -0.39 is 40.9 Å². The van der Waals surface area contributed by atoms with Crippen molar-refractivity contribution in [2.24, 2.45) is 0 Å². The molecule has 0 aromatic heterocycles. The van der Waals surface area contributed by atoms with Gasteiger partial charge in [-0.05, 0) is 24.6 Å². The molecule has 0 aliphatic heterocycles. The lowest BCUT2D eigenvalue weighted by Gasteiger charge is -2.23. The lowest BCUT2D eigenvalue weighted by molar-refractivity contribution is -0.146. The molecule has 0 amide bonds. The summed E-state index contributed by atoms with van der Waals surface area (Å²) in [6.07, 6.45) is -3.64. The van der Waals surface area contributed by atoms with Crippen molar-refractivity contribution < 1.29 is 31.1 Å². The Morgan fingerprint density at radius 1 is 1.07 bits per heavy atom. The zero-order valence-electron chi connectivity index (χ0n) is 14.7. The van der Waals surface area contributed by atoms with Gasteiger partial charge in [-0.3, -0.25) is 9.10 Å². The average molecular weight is 401 g/mol. The summed E-state index contributed by atoms with van der Waals surface area (Å²) in [6, 6.07) is 11.3. The van der Waals surface area contributed by atoms with Crippen LogP contribution in [0.25, 0.3) is 0 Å². The van der Waals surface area contributed by atoms with Crippen molar-refractivity contribution in [3.05, 3.63) is 65.2 Å². The lowest BCUT2D eigenvalue weighted by atomic mass is 10.1. The van der Waals surface area contributed by atoms with Crippen LogP contribution in [-0.2, 0) is 32.3 Å². The molecule has 0 aliphatic rings. The predicted molar refractivity (Wildman–Crippen MR) is 94.6 cm³/mol. The maximum atomic E-state index is 13.0. The third-order valence-electron chi connectivity index (χ3n) is 3.77. The Kier molecular flexibility index (Phi) is 6.15. The third-order valence-corrected chi connectivity index (χ3v) is 4.90. The first kappa shape index (κ1) is 20.8. The molecule has 9 heteroatoms. The first-order chi connectivity index (χ1) is 12.5. The predicted octanol–water partition coefficient (Wildman–Crippen LogP) is 3.52. The van der Waals surface area contributed by atoms with Crippen LogP contribution < -0.4 is 4.31 Å². The minimum atomic E-state index is -4.58. The molecule has 0 heterocycles. The van der Waals surface area contributed by atoms with Gasteiger partial charge in [-0.1, -0.05) is 36.4 Å². The van der Waals surface area contributed by atoms with E-state index in [1.165, 1.54) is 24.3 Å². The maximum Gasteiger partial charge on any atom is 0.416 e. The van der Waals surface area contributed by atoms with Gasteiger partial charge in [0.15, 0.2) is 0 Å². The summed E-state index contributed by atoms with van der Waals surface area (Å²) in [5, 5.41) is 0. The second-order valence-electron chi connectivity index (χ2n) is 5.87. The van der Waals surface area contributed by atoms with Gasteiger partial charge in [0.25, 0.3) is 0 Å². The molecule has 0 radical (unpaired) electrons. The fourth-order valence-electron chi connectivity index (χ4n) is 2.47. The molecule has 146 valence electrons. The van der Waals surface area contributed by atoms with E-state index in [0.717, 1.165) is 16.6 Å². The Bertz CT molecular complexity index is 926. The second kappa shape index (κ2) is 7.99. The highest BCUT2D eigenvalue weighted by Gasteiger charge is 2.33. The van der Waals surface area contributed by atoms with Gasteiger partial charge in [0.1, 0.15) is 13.2 Å². The average Bonchev–Trinajstić information content (AvgIpc) is 2.57. The number of benzene rings is 2. The number of halogens is 3. The molecule has 0 saturated carbocycles. The van der Waals surface area contributed by atoms with E-state index >= 15 is 0 Å². The number of nitrogens with zero attached hydrogens (tertiary/aromatic N) is 1. The van der Waals surface area contributed by atoms with Crippen LogP contribution in [-0.4, -0.2) is 27.2 Å². The van der Waals surface area contributed by atoms with Gasteiger partial charge >= 0.3 is 12.1 Å². The van der Waals surface area contributed by atoms with Crippen LogP contribution in [0.1, 0.15) is 16.7 Å². The molecule has 0 aliphatic carbocycles. The van der Waals surface area contributed by atoms with E-state index in [-0.39, 0.29) is 5.56 Å². The van der Waals surface area contributed by atoms with Gasteiger partial charge in [-0.15, -0.1) is 0 Å². The number of hydrogen-bond acceptors (Lipinski definition) is 4. The van der Waals surface area contributed by atoms with Crippen LogP contribution in [0.2, 0.25) is 0 Å². The fraction of sp³-hybridized carbons (Fsp3) is 0.278. The summed E-state index contributed by atoms with van der Waals surface area (Å²) >= 11 is 0. The van der Waals surface area contributed by atoms with E-state index in [4.69, 9.17) is 4.74 Å². The van der Waals surface area contributed by atoms with Gasteiger partial charge in [0.05, 0.1) is 17.5 Å². The molecular weight excluding hydrogens is 383 g/mol. The van der Waals surface area contributed by atoms with Gasteiger partial charge < -0.3 is 4.74 Å². The van der Waals surface area contributed by atoms with Crippen molar-refractivity contribution in [3.8, 4) is 0 Å². The van der Waals surface area contributed by atoms with Crippen LogP contribution in [0.15, 0.2) is 48.5 Å². The van der Waals surface area contributed by atoms with E-state index in [9.17, 15) is 26.4 Å².